The average molecular weight is 381 g/mol. The van der Waals surface area contributed by atoms with Crippen LogP contribution >= 0.6 is 0 Å². The number of amides is 1. The number of ether oxygens (including phenoxy) is 2. The molecule has 0 fully saturated rings. The highest BCUT2D eigenvalue weighted by Gasteiger charge is 2.31. The van der Waals surface area contributed by atoms with Crippen LogP contribution in [-0.4, -0.2) is 24.8 Å². The summed E-state index contributed by atoms with van der Waals surface area (Å²) >= 11 is 0. The smallest absolute Gasteiger partial charge is 0.452 e. The number of anilines is 1. The summed E-state index contributed by atoms with van der Waals surface area (Å²) in [6.07, 6.45) is -4.81. The number of alkyl halides is 3. The van der Waals surface area contributed by atoms with Crippen molar-refractivity contribution in [2.45, 2.75) is 26.1 Å². The molecule has 2 rings (SSSR count). The van der Waals surface area contributed by atoms with Gasteiger partial charge in [0.25, 0.3) is 5.91 Å². The number of hydrogen-bond donors (Lipinski definition) is 1. The molecule has 8 heteroatoms. The van der Waals surface area contributed by atoms with Crippen molar-refractivity contribution in [3.05, 3.63) is 59.7 Å². The number of rotatable bonds is 6. The summed E-state index contributed by atoms with van der Waals surface area (Å²) in [6.45, 7) is 3.44. The lowest BCUT2D eigenvalue weighted by Gasteiger charge is -2.13. The van der Waals surface area contributed by atoms with Gasteiger partial charge in [0.05, 0.1) is 5.56 Å². The van der Waals surface area contributed by atoms with Gasteiger partial charge in [-0.05, 0) is 41.8 Å². The lowest BCUT2D eigenvalue weighted by atomic mass is 10.0. The molecular weight excluding hydrogens is 363 g/mol. The Balaban J connectivity index is 1.91. The third-order valence-electron chi connectivity index (χ3n) is 3.51. The number of carbonyl (C=O) groups is 2. The topological polar surface area (TPSA) is 64.6 Å². The van der Waals surface area contributed by atoms with E-state index in [1.807, 2.05) is 26.0 Å². The van der Waals surface area contributed by atoms with E-state index in [1.165, 1.54) is 0 Å². The summed E-state index contributed by atoms with van der Waals surface area (Å²) in [5, 5.41) is 2.67. The molecule has 0 aromatic heterocycles. The Labute approximate surface area is 154 Å². The summed E-state index contributed by atoms with van der Waals surface area (Å²) in [6, 6.07) is 11.5. The van der Waals surface area contributed by atoms with Gasteiger partial charge < -0.3 is 14.8 Å². The first-order valence-electron chi connectivity index (χ1n) is 8.07. The number of esters is 1. The Morgan fingerprint density at radius 3 is 2.26 bits per heavy atom. The molecule has 144 valence electrons. The van der Waals surface area contributed by atoms with Crippen molar-refractivity contribution in [1.82, 2.24) is 0 Å². The number of carbonyl (C=O) groups excluding carboxylic acids is 2. The Kier molecular flexibility index (Phi) is 6.44. The fourth-order valence-electron chi connectivity index (χ4n) is 2.31. The molecule has 5 nitrogen and oxygen atoms in total. The molecule has 0 spiro atoms. The van der Waals surface area contributed by atoms with E-state index in [-0.39, 0.29) is 11.5 Å². The van der Waals surface area contributed by atoms with E-state index in [0.717, 1.165) is 29.8 Å². The Morgan fingerprint density at radius 1 is 1.04 bits per heavy atom. The van der Waals surface area contributed by atoms with Crippen LogP contribution in [0.2, 0.25) is 0 Å². The molecule has 2 aromatic rings. The van der Waals surface area contributed by atoms with Crippen LogP contribution < -0.4 is 10.1 Å². The lowest BCUT2D eigenvalue weighted by molar-refractivity contribution is -0.274. The number of halogens is 3. The monoisotopic (exact) mass is 381 g/mol. The van der Waals surface area contributed by atoms with Gasteiger partial charge in [-0.15, -0.1) is 13.2 Å². The zero-order valence-corrected chi connectivity index (χ0v) is 14.7. The summed E-state index contributed by atoms with van der Waals surface area (Å²) < 4.78 is 44.9. The van der Waals surface area contributed by atoms with Crippen LogP contribution in [0.1, 0.15) is 35.7 Å². The largest absolute Gasteiger partial charge is 0.573 e. The van der Waals surface area contributed by atoms with Crippen LogP contribution in [0.5, 0.6) is 5.75 Å². The van der Waals surface area contributed by atoms with Gasteiger partial charge in [0.15, 0.2) is 6.61 Å². The van der Waals surface area contributed by atoms with E-state index in [9.17, 15) is 22.8 Å². The van der Waals surface area contributed by atoms with E-state index < -0.39 is 30.6 Å². The normalized spacial score (nSPS) is 11.2. The number of benzene rings is 2. The van der Waals surface area contributed by atoms with Crippen molar-refractivity contribution >= 4 is 17.6 Å². The van der Waals surface area contributed by atoms with E-state index in [2.05, 4.69) is 10.1 Å². The van der Waals surface area contributed by atoms with Crippen molar-refractivity contribution in [2.24, 2.45) is 0 Å². The molecule has 0 bridgehead atoms. The van der Waals surface area contributed by atoms with Crippen LogP contribution in [-0.2, 0) is 9.53 Å². The van der Waals surface area contributed by atoms with Crippen LogP contribution in [0, 0.1) is 0 Å². The van der Waals surface area contributed by atoms with Gasteiger partial charge in [-0.25, -0.2) is 4.79 Å². The molecule has 27 heavy (non-hydrogen) atoms. The van der Waals surface area contributed by atoms with E-state index in [4.69, 9.17) is 4.74 Å². The Hall–Kier alpha value is -3.03. The zero-order chi connectivity index (χ0) is 20.0. The van der Waals surface area contributed by atoms with Crippen molar-refractivity contribution in [3.8, 4) is 5.75 Å². The molecule has 1 N–H and O–H groups in total. The highest BCUT2D eigenvalue weighted by atomic mass is 19.4. The van der Waals surface area contributed by atoms with Crippen molar-refractivity contribution in [1.29, 1.82) is 0 Å². The first kappa shape index (κ1) is 20.3. The molecule has 1 amide bonds. The first-order valence-corrected chi connectivity index (χ1v) is 8.07. The van der Waals surface area contributed by atoms with E-state index >= 15 is 0 Å². The van der Waals surface area contributed by atoms with Gasteiger partial charge in [-0.2, -0.15) is 0 Å². The molecule has 0 aliphatic heterocycles. The second-order valence-electron chi connectivity index (χ2n) is 5.94. The van der Waals surface area contributed by atoms with Crippen LogP contribution in [0.15, 0.2) is 48.5 Å². The molecule has 0 atom stereocenters. The minimum absolute atomic E-state index is 0.0000879. The van der Waals surface area contributed by atoms with E-state index in [0.29, 0.717) is 5.69 Å². The molecule has 0 unspecified atom stereocenters. The number of para-hydroxylation sites is 1. The predicted octanol–water partition coefficient (Wildman–Crippen LogP) is 4.50. The number of hydrogen-bond acceptors (Lipinski definition) is 4. The molecular formula is C19H18F3NO4. The van der Waals surface area contributed by atoms with Crippen LogP contribution in [0.4, 0.5) is 18.9 Å². The quantitative estimate of drug-likeness (QED) is 0.748. The van der Waals surface area contributed by atoms with Gasteiger partial charge in [0.1, 0.15) is 5.75 Å². The van der Waals surface area contributed by atoms with Crippen LogP contribution in [0.25, 0.3) is 0 Å². The fourth-order valence-corrected chi connectivity index (χ4v) is 2.31. The minimum atomic E-state index is -4.81. The summed E-state index contributed by atoms with van der Waals surface area (Å²) in [5.74, 6) is -1.61. The van der Waals surface area contributed by atoms with Gasteiger partial charge >= 0.3 is 12.3 Å². The second kappa shape index (κ2) is 8.57. The maximum Gasteiger partial charge on any atom is 0.573 e. The van der Waals surface area contributed by atoms with E-state index in [1.54, 1.807) is 12.1 Å². The van der Waals surface area contributed by atoms with Gasteiger partial charge in [0.2, 0.25) is 0 Å². The minimum Gasteiger partial charge on any atom is -0.452 e. The number of nitrogens with one attached hydrogen (secondary N) is 1. The molecule has 2 aromatic carbocycles. The van der Waals surface area contributed by atoms with Crippen LogP contribution in [0.3, 0.4) is 0 Å². The first-order chi connectivity index (χ1) is 12.7. The SMILES string of the molecule is CC(C)c1ccccc1NC(=O)COC(=O)c1ccc(OC(F)(F)F)cc1. The lowest BCUT2D eigenvalue weighted by Crippen LogP contribution is -2.21. The van der Waals surface area contributed by atoms with Gasteiger partial charge in [0, 0.05) is 5.69 Å². The zero-order valence-electron chi connectivity index (χ0n) is 14.7. The fraction of sp³-hybridized carbons (Fsp3) is 0.263. The molecule has 0 aliphatic carbocycles. The predicted molar refractivity (Wildman–Crippen MR) is 92.6 cm³/mol. The highest BCUT2D eigenvalue weighted by molar-refractivity contribution is 5.96. The maximum absolute atomic E-state index is 12.1. The second-order valence-corrected chi connectivity index (χ2v) is 5.94. The van der Waals surface area contributed by atoms with Crippen molar-refractivity contribution < 1.29 is 32.2 Å². The third-order valence-corrected chi connectivity index (χ3v) is 3.51. The molecule has 0 aliphatic rings. The third kappa shape index (κ3) is 6.32. The highest BCUT2D eigenvalue weighted by Crippen LogP contribution is 2.24. The van der Waals surface area contributed by atoms with Crippen molar-refractivity contribution in [3.63, 3.8) is 0 Å². The van der Waals surface area contributed by atoms with Gasteiger partial charge in [-0.3, -0.25) is 4.79 Å². The average Bonchev–Trinajstić information content (AvgIpc) is 2.59. The summed E-state index contributed by atoms with van der Waals surface area (Å²) in [5.41, 5.74) is 1.57. The molecule has 0 heterocycles. The molecule has 0 saturated carbocycles. The summed E-state index contributed by atoms with van der Waals surface area (Å²) in [7, 11) is 0. The van der Waals surface area contributed by atoms with Crippen molar-refractivity contribution in [2.75, 3.05) is 11.9 Å². The maximum atomic E-state index is 12.1. The summed E-state index contributed by atoms with van der Waals surface area (Å²) in [4.78, 5) is 23.9. The van der Waals surface area contributed by atoms with Gasteiger partial charge in [-0.1, -0.05) is 32.0 Å². The Morgan fingerprint density at radius 2 is 1.67 bits per heavy atom. The standard InChI is InChI=1S/C19H18F3NO4/c1-12(2)15-5-3-4-6-16(15)23-17(24)11-26-18(25)13-7-9-14(10-8-13)27-19(20,21)22/h3-10,12H,11H2,1-2H3,(H,23,24). The molecule has 0 radical (unpaired) electrons. The molecule has 0 saturated heterocycles. The Bertz CT molecular complexity index is 801.